The van der Waals surface area contributed by atoms with E-state index in [1.165, 1.54) is 4.90 Å². The lowest BCUT2D eigenvalue weighted by Gasteiger charge is -2.15. The van der Waals surface area contributed by atoms with Crippen LogP contribution < -0.4 is 10.1 Å². The maximum absolute atomic E-state index is 11.6. The maximum atomic E-state index is 11.6. The molecule has 1 amide bonds. The van der Waals surface area contributed by atoms with E-state index < -0.39 is 0 Å². The molecule has 0 aliphatic rings. The van der Waals surface area contributed by atoms with Gasteiger partial charge in [0.25, 0.3) is 5.91 Å². The van der Waals surface area contributed by atoms with Crippen molar-refractivity contribution in [3.63, 3.8) is 0 Å². The van der Waals surface area contributed by atoms with Gasteiger partial charge in [-0.15, -0.1) is 0 Å². The summed E-state index contributed by atoms with van der Waals surface area (Å²) in [6, 6.07) is 5.88. The zero-order valence-electron chi connectivity index (χ0n) is 11.7. The van der Waals surface area contributed by atoms with Gasteiger partial charge in [-0.2, -0.15) is 0 Å². The van der Waals surface area contributed by atoms with E-state index in [0.717, 1.165) is 35.3 Å². The first-order valence-corrected chi connectivity index (χ1v) is 7.16. The lowest BCUT2D eigenvalue weighted by Crippen LogP contribution is -2.28. The van der Waals surface area contributed by atoms with Gasteiger partial charge in [0.2, 0.25) is 0 Å². The lowest BCUT2D eigenvalue weighted by molar-refractivity contribution is -0.130. The molecule has 0 saturated heterocycles. The van der Waals surface area contributed by atoms with Gasteiger partial charge in [-0.1, -0.05) is 19.1 Å². The average molecular weight is 329 g/mol. The fraction of sp³-hybridized carbons (Fsp3) is 0.500. The summed E-state index contributed by atoms with van der Waals surface area (Å²) in [6.07, 6.45) is 1.09. The first kappa shape index (κ1) is 16.0. The van der Waals surface area contributed by atoms with Crippen molar-refractivity contribution < 1.29 is 9.53 Å². The van der Waals surface area contributed by atoms with Crippen molar-refractivity contribution >= 4 is 21.8 Å². The number of likely N-dealkylation sites (N-methyl/N-ethyl adjacent to an activating group) is 1. The Hall–Kier alpha value is -1.07. The number of ether oxygens (including phenoxy) is 1. The van der Waals surface area contributed by atoms with Crippen LogP contribution in [0.2, 0.25) is 0 Å². The number of rotatable bonds is 7. The smallest absolute Gasteiger partial charge is 0.259 e. The largest absolute Gasteiger partial charge is 0.482 e. The molecule has 1 rings (SSSR count). The topological polar surface area (TPSA) is 41.6 Å². The van der Waals surface area contributed by atoms with Crippen molar-refractivity contribution in [3.05, 3.63) is 28.2 Å². The molecule has 0 fully saturated rings. The number of amides is 1. The number of carbonyl (C=O) groups is 1. The Balaban J connectivity index is 2.71. The van der Waals surface area contributed by atoms with Crippen LogP contribution in [0.3, 0.4) is 0 Å². The van der Waals surface area contributed by atoms with Gasteiger partial charge in [0, 0.05) is 26.2 Å². The SMILES string of the molecule is CCCNCc1cccc(Br)c1OCC(=O)N(C)C. The van der Waals surface area contributed by atoms with E-state index in [1.54, 1.807) is 14.1 Å². The summed E-state index contributed by atoms with van der Waals surface area (Å²) in [5.74, 6) is 0.685. The minimum Gasteiger partial charge on any atom is -0.482 e. The zero-order chi connectivity index (χ0) is 14.3. The Labute approximate surface area is 123 Å². The summed E-state index contributed by atoms with van der Waals surface area (Å²) < 4.78 is 6.51. The maximum Gasteiger partial charge on any atom is 0.259 e. The Morgan fingerprint density at radius 3 is 2.79 bits per heavy atom. The van der Waals surface area contributed by atoms with Crippen LogP contribution >= 0.6 is 15.9 Å². The number of halogens is 1. The molecule has 0 unspecified atom stereocenters. The molecule has 1 aromatic carbocycles. The van der Waals surface area contributed by atoms with Crippen LogP contribution in [0, 0.1) is 0 Å². The third kappa shape index (κ3) is 5.20. The quantitative estimate of drug-likeness (QED) is 0.781. The second-order valence-corrected chi connectivity index (χ2v) is 5.34. The van der Waals surface area contributed by atoms with Crippen molar-refractivity contribution in [2.75, 3.05) is 27.2 Å². The Bertz CT molecular complexity index is 422. The second kappa shape index (κ2) is 8.17. The third-order valence-corrected chi connectivity index (χ3v) is 3.25. The standard InChI is InChI=1S/C14H21BrN2O2/c1-4-8-16-9-11-6-5-7-12(15)14(11)19-10-13(18)17(2)3/h5-7,16H,4,8-10H2,1-3H3. The van der Waals surface area contributed by atoms with Crippen LogP contribution in [0.4, 0.5) is 0 Å². The van der Waals surface area contributed by atoms with Gasteiger partial charge in [0.05, 0.1) is 4.47 Å². The molecule has 19 heavy (non-hydrogen) atoms. The van der Waals surface area contributed by atoms with E-state index >= 15 is 0 Å². The Morgan fingerprint density at radius 2 is 2.16 bits per heavy atom. The van der Waals surface area contributed by atoms with Gasteiger partial charge in [0.15, 0.2) is 6.61 Å². The highest BCUT2D eigenvalue weighted by Gasteiger charge is 2.11. The van der Waals surface area contributed by atoms with Crippen molar-refractivity contribution in [1.29, 1.82) is 0 Å². The van der Waals surface area contributed by atoms with Crippen LogP contribution in [0.5, 0.6) is 5.75 Å². The molecule has 1 aromatic rings. The van der Waals surface area contributed by atoms with Crippen LogP contribution in [-0.2, 0) is 11.3 Å². The number of carbonyl (C=O) groups excluding carboxylic acids is 1. The summed E-state index contributed by atoms with van der Waals surface area (Å²) in [5.41, 5.74) is 1.05. The zero-order valence-corrected chi connectivity index (χ0v) is 13.3. The lowest BCUT2D eigenvalue weighted by atomic mass is 10.2. The summed E-state index contributed by atoms with van der Waals surface area (Å²) >= 11 is 3.47. The fourth-order valence-corrected chi connectivity index (χ4v) is 2.04. The van der Waals surface area contributed by atoms with Crippen LogP contribution in [0.15, 0.2) is 22.7 Å². The third-order valence-electron chi connectivity index (χ3n) is 2.63. The highest BCUT2D eigenvalue weighted by Crippen LogP contribution is 2.29. The van der Waals surface area contributed by atoms with Crippen LogP contribution in [0.1, 0.15) is 18.9 Å². The predicted molar refractivity (Wildman–Crippen MR) is 80.3 cm³/mol. The number of nitrogens with zero attached hydrogens (tertiary/aromatic N) is 1. The van der Waals surface area contributed by atoms with E-state index in [4.69, 9.17) is 4.74 Å². The van der Waals surface area contributed by atoms with Crippen molar-refractivity contribution in [2.45, 2.75) is 19.9 Å². The van der Waals surface area contributed by atoms with E-state index in [0.29, 0.717) is 0 Å². The minimum atomic E-state index is -0.0526. The molecule has 0 aromatic heterocycles. The van der Waals surface area contributed by atoms with Crippen molar-refractivity contribution in [3.8, 4) is 5.75 Å². The number of nitrogens with one attached hydrogen (secondary N) is 1. The number of hydrogen-bond donors (Lipinski definition) is 1. The van der Waals surface area contributed by atoms with Crippen molar-refractivity contribution in [2.24, 2.45) is 0 Å². The molecule has 0 spiro atoms. The fourth-order valence-electron chi connectivity index (χ4n) is 1.52. The molecule has 106 valence electrons. The van der Waals surface area contributed by atoms with E-state index in [9.17, 15) is 4.79 Å². The molecular weight excluding hydrogens is 308 g/mol. The minimum absolute atomic E-state index is 0.0520. The monoisotopic (exact) mass is 328 g/mol. The molecule has 0 saturated carbocycles. The molecule has 1 N–H and O–H groups in total. The van der Waals surface area contributed by atoms with E-state index in [-0.39, 0.29) is 12.5 Å². The molecule has 0 heterocycles. The molecule has 4 nitrogen and oxygen atoms in total. The van der Waals surface area contributed by atoms with Gasteiger partial charge in [-0.05, 0) is 35.0 Å². The number of benzene rings is 1. The number of hydrogen-bond acceptors (Lipinski definition) is 3. The summed E-state index contributed by atoms with van der Waals surface area (Å²) in [6.45, 7) is 3.87. The molecule has 0 aliphatic carbocycles. The first-order chi connectivity index (χ1) is 9.06. The van der Waals surface area contributed by atoms with Crippen molar-refractivity contribution in [1.82, 2.24) is 10.2 Å². The second-order valence-electron chi connectivity index (χ2n) is 4.48. The molecule has 0 aliphatic heterocycles. The average Bonchev–Trinajstić information content (AvgIpc) is 2.37. The molecule has 5 heteroatoms. The van der Waals surface area contributed by atoms with E-state index in [2.05, 4.69) is 28.2 Å². The summed E-state index contributed by atoms with van der Waals surface area (Å²) in [5, 5.41) is 3.33. The van der Waals surface area contributed by atoms with Gasteiger partial charge in [-0.3, -0.25) is 4.79 Å². The molecule has 0 bridgehead atoms. The first-order valence-electron chi connectivity index (χ1n) is 6.37. The Morgan fingerprint density at radius 1 is 1.42 bits per heavy atom. The number of para-hydroxylation sites is 1. The highest BCUT2D eigenvalue weighted by molar-refractivity contribution is 9.10. The normalized spacial score (nSPS) is 10.3. The summed E-state index contributed by atoms with van der Waals surface area (Å²) in [7, 11) is 3.44. The highest BCUT2D eigenvalue weighted by atomic mass is 79.9. The summed E-state index contributed by atoms with van der Waals surface area (Å²) in [4.78, 5) is 13.1. The van der Waals surface area contributed by atoms with Crippen LogP contribution in [-0.4, -0.2) is 38.1 Å². The predicted octanol–water partition coefficient (Wildman–Crippen LogP) is 2.42. The van der Waals surface area contributed by atoms with Crippen LogP contribution in [0.25, 0.3) is 0 Å². The van der Waals surface area contributed by atoms with Gasteiger partial charge in [0.1, 0.15) is 5.75 Å². The van der Waals surface area contributed by atoms with Gasteiger partial charge >= 0.3 is 0 Å². The molecule has 0 atom stereocenters. The molecule has 0 radical (unpaired) electrons. The Kier molecular flexibility index (Phi) is 6.87. The molecular formula is C14H21BrN2O2. The van der Waals surface area contributed by atoms with Gasteiger partial charge in [-0.25, -0.2) is 0 Å². The van der Waals surface area contributed by atoms with Gasteiger partial charge < -0.3 is 15.0 Å². The van der Waals surface area contributed by atoms with E-state index in [1.807, 2.05) is 18.2 Å².